The largest absolute Gasteiger partial charge is 0.465 e. The lowest BCUT2D eigenvalue weighted by Crippen LogP contribution is -2.53. The number of hydrogen-bond donors (Lipinski definition) is 2. The summed E-state index contributed by atoms with van der Waals surface area (Å²) in [5.41, 5.74) is 0. The third-order valence-electron chi connectivity index (χ3n) is 2.00. The Hall–Kier alpha value is -0.980. The number of piperazine rings is 1. The zero-order chi connectivity index (χ0) is 10.8. The predicted octanol–water partition coefficient (Wildman–Crippen LogP) is 0.891. The molecule has 1 heterocycles. The van der Waals surface area contributed by atoms with Gasteiger partial charge in [-0.1, -0.05) is 0 Å². The summed E-state index contributed by atoms with van der Waals surface area (Å²) in [4.78, 5) is 11.5. The first-order valence-electron chi connectivity index (χ1n) is 4.16. The third-order valence-corrected chi connectivity index (χ3v) is 2.00. The lowest BCUT2D eigenvalue weighted by molar-refractivity contribution is -0.142. The highest BCUT2D eigenvalue weighted by Crippen LogP contribution is 2.22. The number of carboxylic acid groups (broad SMARTS) is 1. The number of rotatable bonds is 1. The van der Waals surface area contributed by atoms with Gasteiger partial charge < -0.3 is 15.3 Å². The zero-order valence-corrected chi connectivity index (χ0v) is 7.34. The molecule has 0 aromatic rings. The van der Waals surface area contributed by atoms with E-state index in [9.17, 15) is 18.0 Å². The van der Waals surface area contributed by atoms with Crippen LogP contribution >= 0.6 is 0 Å². The van der Waals surface area contributed by atoms with Gasteiger partial charge in [-0.2, -0.15) is 13.2 Å². The average molecular weight is 212 g/mol. The monoisotopic (exact) mass is 212 g/mol. The molecule has 0 aliphatic carbocycles. The lowest BCUT2D eigenvalue weighted by atomic mass is 10.1. The molecule has 0 saturated carbocycles. The molecule has 0 aromatic heterocycles. The highest BCUT2D eigenvalue weighted by atomic mass is 19.4. The molecule has 1 atom stereocenters. The molecular formula is C7H11F3N2O2. The van der Waals surface area contributed by atoms with Crippen LogP contribution in [0.3, 0.4) is 0 Å². The van der Waals surface area contributed by atoms with Crippen molar-refractivity contribution in [1.82, 2.24) is 10.2 Å². The second kappa shape index (κ2) is 4.04. The molecule has 0 bridgehead atoms. The summed E-state index contributed by atoms with van der Waals surface area (Å²) < 4.78 is 35.9. The minimum Gasteiger partial charge on any atom is -0.465 e. The fourth-order valence-corrected chi connectivity index (χ4v) is 1.42. The predicted molar refractivity (Wildman–Crippen MR) is 42.1 cm³/mol. The summed E-state index contributed by atoms with van der Waals surface area (Å²) >= 11 is 0. The molecule has 14 heavy (non-hydrogen) atoms. The Morgan fingerprint density at radius 3 is 2.71 bits per heavy atom. The summed E-state index contributed by atoms with van der Waals surface area (Å²) in [6.07, 6.45) is -6.41. The first kappa shape index (κ1) is 11.1. The second-order valence-corrected chi connectivity index (χ2v) is 3.20. The van der Waals surface area contributed by atoms with Crippen LogP contribution in [0.2, 0.25) is 0 Å². The summed E-state index contributed by atoms with van der Waals surface area (Å²) in [6, 6.07) is -0.820. The Morgan fingerprint density at radius 2 is 2.21 bits per heavy atom. The van der Waals surface area contributed by atoms with E-state index in [1.807, 2.05) is 0 Å². The normalized spacial score (nSPS) is 23.6. The molecule has 0 aromatic carbocycles. The third kappa shape index (κ3) is 3.41. The van der Waals surface area contributed by atoms with E-state index in [1.54, 1.807) is 0 Å². The van der Waals surface area contributed by atoms with E-state index in [0.717, 1.165) is 4.90 Å². The van der Waals surface area contributed by atoms with Crippen molar-refractivity contribution >= 4 is 6.09 Å². The zero-order valence-electron chi connectivity index (χ0n) is 7.34. The van der Waals surface area contributed by atoms with Crippen molar-refractivity contribution in [3.05, 3.63) is 0 Å². The van der Waals surface area contributed by atoms with Crippen molar-refractivity contribution in [2.45, 2.75) is 18.6 Å². The molecule has 4 nitrogen and oxygen atoms in total. The molecule has 7 heteroatoms. The van der Waals surface area contributed by atoms with Gasteiger partial charge in [0.25, 0.3) is 0 Å². The van der Waals surface area contributed by atoms with E-state index in [2.05, 4.69) is 5.32 Å². The van der Waals surface area contributed by atoms with Crippen LogP contribution in [0.15, 0.2) is 0 Å². The van der Waals surface area contributed by atoms with Gasteiger partial charge in [0.15, 0.2) is 0 Å². The molecule has 1 amide bonds. The van der Waals surface area contributed by atoms with Crippen molar-refractivity contribution in [3.63, 3.8) is 0 Å². The Bertz CT molecular complexity index is 219. The van der Waals surface area contributed by atoms with Gasteiger partial charge in [-0.05, 0) is 0 Å². The number of nitrogens with one attached hydrogen (secondary N) is 1. The lowest BCUT2D eigenvalue weighted by Gasteiger charge is -2.32. The van der Waals surface area contributed by atoms with Gasteiger partial charge in [-0.25, -0.2) is 4.79 Å². The number of nitrogens with zero attached hydrogens (tertiary/aromatic N) is 1. The standard InChI is InChI=1S/C7H11F3N2O2/c8-7(9,10)3-5-4-12(6(13)14)2-1-11-5/h5,11H,1-4H2,(H,13,14)/t5-/m1/s1. The van der Waals surface area contributed by atoms with Crippen LogP contribution in [0.25, 0.3) is 0 Å². The summed E-state index contributed by atoms with van der Waals surface area (Å²) in [7, 11) is 0. The van der Waals surface area contributed by atoms with Crippen LogP contribution in [-0.2, 0) is 0 Å². The maximum Gasteiger partial charge on any atom is 0.407 e. The van der Waals surface area contributed by atoms with Crippen LogP contribution in [0.5, 0.6) is 0 Å². The van der Waals surface area contributed by atoms with Crippen molar-refractivity contribution in [1.29, 1.82) is 0 Å². The van der Waals surface area contributed by atoms with E-state index < -0.39 is 24.7 Å². The SMILES string of the molecule is O=C(O)N1CCN[C@H](CC(F)(F)F)C1. The van der Waals surface area contributed by atoms with Crippen molar-refractivity contribution in [2.24, 2.45) is 0 Å². The number of amides is 1. The average Bonchev–Trinajstić information content (AvgIpc) is 2.01. The Labute approximate surface area is 78.7 Å². The van der Waals surface area contributed by atoms with Crippen molar-refractivity contribution < 1.29 is 23.1 Å². The fraction of sp³-hybridized carbons (Fsp3) is 0.857. The van der Waals surface area contributed by atoms with Gasteiger partial charge in [0.05, 0.1) is 6.42 Å². The molecular weight excluding hydrogens is 201 g/mol. The highest BCUT2D eigenvalue weighted by molar-refractivity contribution is 5.65. The van der Waals surface area contributed by atoms with Crippen molar-refractivity contribution in [3.8, 4) is 0 Å². The second-order valence-electron chi connectivity index (χ2n) is 3.20. The quantitative estimate of drug-likeness (QED) is 0.678. The molecule has 0 radical (unpaired) electrons. The minimum absolute atomic E-state index is 0.102. The maximum absolute atomic E-state index is 12.0. The number of halogens is 3. The maximum atomic E-state index is 12.0. The molecule has 1 rings (SSSR count). The molecule has 2 N–H and O–H groups in total. The van der Waals surface area contributed by atoms with Gasteiger partial charge in [0.2, 0.25) is 0 Å². The molecule has 82 valence electrons. The number of hydrogen-bond acceptors (Lipinski definition) is 2. The smallest absolute Gasteiger partial charge is 0.407 e. The van der Waals surface area contributed by atoms with Crippen molar-refractivity contribution in [2.75, 3.05) is 19.6 Å². The van der Waals surface area contributed by atoms with E-state index in [0.29, 0.717) is 0 Å². The van der Waals surface area contributed by atoms with E-state index >= 15 is 0 Å². The van der Waals surface area contributed by atoms with Crippen LogP contribution in [0.4, 0.5) is 18.0 Å². The van der Waals surface area contributed by atoms with E-state index in [1.165, 1.54) is 0 Å². The topological polar surface area (TPSA) is 52.6 Å². The Balaban J connectivity index is 2.44. The minimum atomic E-state index is -4.25. The highest BCUT2D eigenvalue weighted by Gasteiger charge is 2.34. The van der Waals surface area contributed by atoms with Gasteiger partial charge in [-0.3, -0.25) is 0 Å². The van der Waals surface area contributed by atoms with E-state index in [4.69, 9.17) is 5.11 Å². The number of alkyl halides is 3. The van der Waals surface area contributed by atoms with Gasteiger partial charge in [0.1, 0.15) is 0 Å². The van der Waals surface area contributed by atoms with Crippen LogP contribution in [-0.4, -0.2) is 48.0 Å². The van der Waals surface area contributed by atoms with Gasteiger partial charge in [0, 0.05) is 25.7 Å². The van der Waals surface area contributed by atoms with E-state index in [-0.39, 0.29) is 19.6 Å². The van der Waals surface area contributed by atoms with Crippen LogP contribution < -0.4 is 5.32 Å². The van der Waals surface area contributed by atoms with Gasteiger partial charge in [-0.15, -0.1) is 0 Å². The molecule has 1 saturated heterocycles. The fourth-order valence-electron chi connectivity index (χ4n) is 1.42. The Kier molecular flexibility index (Phi) is 3.20. The molecule has 0 unspecified atom stereocenters. The molecule has 1 fully saturated rings. The van der Waals surface area contributed by atoms with Crippen LogP contribution in [0, 0.1) is 0 Å². The summed E-state index contributed by atoms with van der Waals surface area (Å²) in [5, 5.41) is 11.2. The number of carbonyl (C=O) groups is 1. The molecule has 1 aliphatic rings. The van der Waals surface area contributed by atoms with Crippen LogP contribution in [0.1, 0.15) is 6.42 Å². The Morgan fingerprint density at radius 1 is 1.57 bits per heavy atom. The summed E-state index contributed by atoms with van der Waals surface area (Å²) in [5.74, 6) is 0. The first-order valence-corrected chi connectivity index (χ1v) is 4.16. The first-order chi connectivity index (χ1) is 6.38. The van der Waals surface area contributed by atoms with Gasteiger partial charge >= 0.3 is 12.3 Å². The summed E-state index contributed by atoms with van der Waals surface area (Å²) in [6.45, 7) is 0.408. The molecule has 1 aliphatic heterocycles. The molecule has 0 spiro atoms.